The highest BCUT2D eigenvalue weighted by Crippen LogP contribution is 2.29. The second kappa shape index (κ2) is 6.75. The molecule has 3 atom stereocenters. The molecular weight excluding hydrogens is 278 g/mol. The van der Waals surface area contributed by atoms with Crippen LogP contribution in [0.3, 0.4) is 0 Å². The van der Waals surface area contributed by atoms with Gasteiger partial charge < -0.3 is 25.8 Å². The first kappa shape index (κ1) is 15.6. The number of primary amides is 1. The fourth-order valence-electron chi connectivity index (χ4n) is 2.95. The summed E-state index contributed by atoms with van der Waals surface area (Å²) < 4.78 is 5.61. The van der Waals surface area contributed by atoms with Gasteiger partial charge in [0.15, 0.2) is 0 Å². The molecule has 0 aromatic carbocycles. The maximum Gasteiger partial charge on any atom is 0.326 e. The summed E-state index contributed by atoms with van der Waals surface area (Å²) in [4.78, 5) is 35.8. The van der Waals surface area contributed by atoms with Crippen molar-refractivity contribution in [1.82, 2.24) is 10.2 Å². The lowest BCUT2D eigenvalue weighted by Crippen LogP contribution is -2.57. The summed E-state index contributed by atoms with van der Waals surface area (Å²) in [6.07, 6.45) is 2.78. The number of carbonyl (C=O) groups excluding carboxylic acids is 2. The molecule has 1 saturated heterocycles. The first-order chi connectivity index (χ1) is 9.99. The molecule has 0 radical (unpaired) electrons. The molecule has 8 heteroatoms. The van der Waals surface area contributed by atoms with E-state index in [0.29, 0.717) is 13.2 Å². The zero-order valence-electron chi connectivity index (χ0n) is 11.8. The van der Waals surface area contributed by atoms with Crippen LogP contribution in [0.15, 0.2) is 0 Å². The molecule has 2 fully saturated rings. The van der Waals surface area contributed by atoms with E-state index < -0.39 is 23.9 Å². The molecular formula is C13H21N3O5. The van der Waals surface area contributed by atoms with Crippen molar-refractivity contribution in [1.29, 1.82) is 0 Å². The van der Waals surface area contributed by atoms with Crippen LogP contribution >= 0.6 is 0 Å². The van der Waals surface area contributed by atoms with Crippen molar-refractivity contribution in [3.63, 3.8) is 0 Å². The molecule has 0 aromatic heterocycles. The number of nitrogens with one attached hydrogen (secondary N) is 1. The molecule has 0 bridgehead atoms. The number of carboxylic acid groups (broad SMARTS) is 1. The molecule has 118 valence electrons. The van der Waals surface area contributed by atoms with Crippen molar-refractivity contribution >= 4 is 17.9 Å². The third-order valence-corrected chi connectivity index (χ3v) is 4.02. The Hall–Kier alpha value is -1.83. The molecule has 0 aromatic rings. The highest BCUT2D eigenvalue weighted by atomic mass is 16.5. The van der Waals surface area contributed by atoms with Gasteiger partial charge in [-0.15, -0.1) is 0 Å². The zero-order chi connectivity index (χ0) is 15.4. The lowest BCUT2D eigenvalue weighted by molar-refractivity contribution is -0.139. The molecule has 1 aliphatic heterocycles. The van der Waals surface area contributed by atoms with Gasteiger partial charge >= 0.3 is 12.0 Å². The number of carbonyl (C=O) groups is 3. The molecule has 1 heterocycles. The van der Waals surface area contributed by atoms with Crippen LogP contribution in [0, 0.1) is 0 Å². The second-order valence-electron chi connectivity index (χ2n) is 5.45. The van der Waals surface area contributed by atoms with Crippen molar-refractivity contribution in [2.45, 2.75) is 50.3 Å². The molecule has 3 amide bonds. The van der Waals surface area contributed by atoms with E-state index in [0.717, 1.165) is 19.3 Å². The number of amides is 3. The summed E-state index contributed by atoms with van der Waals surface area (Å²) in [7, 11) is 0. The Kier molecular flexibility index (Phi) is 5.00. The van der Waals surface area contributed by atoms with Gasteiger partial charge in [-0.25, -0.2) is 9.59 Å². The molecule has 0 spiro atoms. The third-order valence-electron chi connectivity index (χ3n) is 4.02. The van der Waals surface area contributed by atoms with Crippen LogP contribution in [0.2, 0.25) is 0 Å². The Balaban J connectivity index is 1.94. The average Bonchev–Trinajstić information content (AvgIpc) is 2.90. The Morgan fingerprint density at radius 2 is 2.14 bits per heavy atom. The minimum atomic E-state index is -1.17. The highest BCUT2D eigenvalue weighted by molar-refractivity contribution is 5.83. The van der Waals surface area contributed by atoms with E-state index >= 15 is 0 Å². The van der Waals surface area contributed by atoms with Crippen LogP contribution in [-0.4, -0.2) is 59.3 Å². The summed E-state index contributed by atoms with van der Waals surface area (Å²) in [6.45, 7) is 0.919. The van der Waals surface area contributed by atoms with Crippen LogP contribution in [0.25, 0.3) is 0 Å². The van der Waals surface area contributed by atoms with Crippen molar-refractivity contribution < 1.29 is 24.2 Å². The summed E-state index contributed by atoms with van der Waals surface area (Å²) >= 11 is 0. The van der Waals surface area contributed by atoms with Gasteiger partial charge in [-0.05, 0) is 25.7 Å². The number of rotatable bonds is 5. The van der Waals surface area contributed by atoms with Gasteiger partial charge in [-0.1, -0.05) is 0 Å². The van der Waals surface area contributed by atoms with Crippen LogP contribution in [0.5, 0.6) is 0 Å². The average molecular weight is 299 g/mol. The van der Waals surface area contributed by atoms with E-state index in [4.69, 9.17) is 15.6 Å². The minimum absolute atomic E-state index is 0.00512. The van der Waals surface area contributed by atoms with Gasteiger partial charge in [0, 0.05) is 13.0 Å². The SMILES string of the molecule is NC(=O)CCC(NC(=O)N1CCOC2CCCC21)C(=O)O. The van der Waals surface area contributed by atoms with Crippen molar-refractivity contribution in [2.75, 3.05) is 13.2 Å². The number of aliphatic carboxylic acids is 1. The lowest BCUT2D eigenvalue weighted by atomic mass is 10.1. The number of nitrogens with two attached hydrogens (primary N) is 1. The Bertz CT molecular complexity index is 428. The molecule has 1 aliphatic carbocycles. The summed E-state index contributed by atoms with van der Waals surface area (Å²) in [5.74, 6) is -1.75. The van der Waals surface area contributed by atoms with Gasteiger partial charge in [0.2, 0.25) is 5.91 Å². The van der Waals surface area contributed by atoms with Gasteiger partial charge in [0.1, 0.15) is 6.04 Å². The van der Waals surface area contributed by atoms with E-state index in [1.165, 1.54) is 0 Å². The Morgan fingerprint density at radius 1 is 1.38 bits per heavy atom. The number of hydrogen-bond donors (Lipinski definition) is 3. The van der Waals surface area contributed by atoms with E-state index in [9.17, 15) is 14.4 Å². The van der Waals surface area contributed by atoms with Gasteiger partial charge in [-0.2, -0.15) is 0 Å². The van der Waals surface area contributed by atoms with Crippen LogP contribution in [0.1, 0.15) is 32.1 Å². The molecule has 4 N–H and O–H groups in total. The number of morpholine rings is 1. The van der Waals surface area contributed by atoms with Gasteiger partial charge in [0.05, 0.1) is 18.8 Å². The molecule has 21 heavy (non-hydrogen) atoms. The molecule has 8 nitrogen and oxygen atoms in total. The normalized spacial score (nSPS) is 26.0. The smallest absolute Gasteiger partial charge is 0.326 e. The van der Waals surface area contributed by atoms with E-state index in [1.807, 2.05) is 0 Å². The van der Waals surface area contributed by atoms with E-state index in [1.54, 1.807) is 4.90 Å². The predicted octanol–water partition coefficient (Wildman–Crippen LogP) is -0.332. The Labute approximate surface area is 122 Å². The minimum Gasteiger partial charge on any atom is -0.480 e. The molecule has 1 saturated carbocycles. The van der Waals surface area contributed by atoms with Crippen molar-refractivity contribution in [3.8, 4) is 0 Å². The first-order valence-electron chi connectivity index (χ1n) is 7.19. The number of fused-ring (bicyclic) bond motifs is 1. The number of carboxylic acids is 1. The van der Waals surface area contributed by atoms with Crippen LogP contribution in [0.4, 0.5) is 4.79 Å². The second-order valence-corrected chi connectivity index (χ2v) is 5.45. The fraction of sp³-hybridized carbons (Fsp3) is 0.769. The lowest BCUT2D eigenvalue weighted by Gasteiger charge is -2.38. The number of urea groups is 1. The largest absolute Gasteiger partial charge is 0.480 e. The quantitative estimate of drug-likeness (QED) is 0.641. The number of hydrogen-bond acceptors (Lipinski definition) is 4. The Morgan fingerprint density at radius 3 is 2.81 bits per heavy atom. The summed E-state index contributed by atoms with van der Waals surface area (Å²) in [5, 5.41) is 11.6. The highest BCUT2D eigenvalue weighted by Gasteiger charge is 2.39. The summed E-state index contributed by atoms with van der Waals surface area (Å²) in [6, 6.07) is -1.50. The number of ether oxygens (including phenoxy) is 1. The van der Waals surface area contributed by atoms with Crippen molar-refractivity contribution in [2.24, 2.45) is 5.73 Å². The number of nitrogens with zero attached hydrogens (tertiary/aromatic N) is 1. The monoisotopic (exact) mass is 299 g/mol. The first-order valence-corrected chi connectivity index (χ1v) is 7.19. The molecule has 2 rings (SSSR count). The third kappa shape index (κ3) is 3.84. The fourth-order valence-corrected chi connectivity index (χ4v) is 2.95. The van der Waals surface area contributed by atoms with Gasteiger partial charge in [0.25, 0.3) is 0 Å². The predicted molar refractivity (Wildman–Crippen MR) is 72.5 cm³/mol. The van der Waals surface area contributed by atoms with Crippen LogP contribution < -0.4 is 11.1 Å². The maximum atomic E-state index is 12.3. The maximum absolute atomic E-state index is 12.3. The summed E-state index contributed by atoms with van der Waals surface area (Å²) in [5.41, 5.74) is 5.01. The standard InChI is InChI=1S/C13H21N3O5/c14-11(17)5-4-8(12(18)19)15-13(20)16-6-7-21-10-3-1-2-9(10)16/h8-10H,1-7H2,(H2,14,17)(H,15,20)(H,18,19). The van der Waals surface area contributed by atoms with Crippen LogP contribution in [-0.2, 0) is 14.3 Å². The van der Waals surface area contributed by atoms with E-state index in [2.05, 4.69) is 5.32 Å². The zero-order valence-corrected chi connectivity index (χ0v) is 11.8. The topological polar surface area (TPSA) is 122 Å². The molecule has 2 aliphatic rings. The molecule has 3 unspecified atom stereocenters. The van der Waals surface area contributed by atoms with Gasteiger partial charge in [-0.3, -0.25) is 4.79 Å². The van der Waals surface area contributed by atoms with E-state index in [-0.39, 0.29) is 25.0 Å². The van der Waals surface area contributed by atoms with Crippen molar-refractivity contribution in [3.05, 3.63) is 0 Å².